The van der Waals surface area contributed by atoms with Crippen LogP contribution in [0.3, 0.4) is 0 Å². The summed E-state index contributed by atoms with van der Waals surface area (Å²) >= 11 is 0. The van der Waals surface area contributed by atoms with Crippen molar-refractivity contribution in [2.24, 2.45) is 0 Å². The molecular weight excluding hydrogens is 228 g/mol. The Morgan fingerprint density at radius 2 is 1.78 bits per heavy atom. The minimum atomic E-state index is -0.0190. The summed E-state index contributed by atoms with van der Waals surface area (Å²) in [7, 11) is 0. The Labute approximate surface area is 106 Å². The van der Waals surface area contributed by atoms with Crippen LogP contribution in [0.25, 0.3) is 0 Å². The smallest absolute Gasteiger partial charge is 0.119 e. The minimum absolute atomic E-state index is 0.0190. The van der Waals surface area contributed by atoms with Crippen molar-refractivity contribution in [2.45, 2.75) is 6.42 Å². The van der Waals surface area contributed by atoms with Gasteiger partial charge in [-0.05, 0) is 23.8 Å². The fraction of sp³-hybridized carbons (Fsp3) is 0.200. The Kier molecular flexibility index (Phi) is 4.20. The second kappa shape index (κ2) is 6.07. The molecule has 2 rings (SSSR count). The number of benzene rings is 2. The number of aliphatic hydroxyl groups is 1. The maximum absolute atomic E-state index is 9.82. The van der Waals surface area contributed by atoms with Gasteiger partial charge >= 0.3 is 0 Å². The van der Waals surface area contributed by atoms with E-state index in [9.17, 15) is 5.11 Å². The molecule has 0 unspecified atom stereocenters. The molecule has 0 fully saturated rings. The van der Waals surface area contributed by atoms with E-state index in [0.717, 1.165) is 11.1 Å². The SMILES string of the molecule is OCCOc1ccc(O)c(Cc2ccccc2)c1. The van der Waals surface area contributed by atoms with Gasteiger partial charge in [0.2, 0.25) is 0 Å². The van der Waals surface area contributed by atoms with Crippen molar-refractivity contribution in [3.63, 3.8) is 0 Å². The Bertz CT molecular complexity index is 494. The van der Waals surface area contributed by atoms with E-state index in [2.05, 4.69) is 0 Å². The average Bonchev–Trinajstić information content (AvgIpc) is 2.41. The Morgan fingerprint density at radius 3 is 2.50 bits per heavy atom. The zero-order valence-electron chi connectivity index (χ0n) is 10.0. The molecule has 94 valence electrons. The second-order valence-corrected chi connectivity index (χ2v) is 4.02. The molecule has 0 saturated heterocycles. The third-order valence-corrected chi connectivity index (χ3v) is 2.65. The van der Waals surface area contributed by atoms with E-state index in [1.165, 1.54) is 0 Å². The maximum atomic E-state index is 9.82. The van der Waals surface area contributed by atoms with Gasteiger partial charge in [-0.15, -0.1) is 0 Å². The first-order valence-corrected chi connectivity index (χ1v) is 5.89. The zero-order chi connectivity index (χ0) is 12.8. The summed E-state index contributed by atoms with van der Waals surface area (Å²) in [5, 5.41) is 18.5. The quantitative estimate of drug-likeness (QED) is 0.848. The molecule has 0 amide bonds. The van der Waals surface area contributed by atoms with Crippen LogP contribution in [0.2, 0.25) is 0 Å². The standard InChI is InChI=1S/C15H16O3/c16-8-9-18-14-6-7-15(17)13(11-14)10-12-4-2-1-3-5-12/h1-7,11,16-17H,8-10H2. The van der Waals surface area contributed by atoms with Crippen LogP contribution < -0.4 is 4.74 Å². The molecule has 0 spiro atoms. The number of hydrogen-bond acceptors (Lipinski definition) is 3. The van der Waals surface area contributed by atoms with Crippen molar-refractivity contribution in [3.8, 4) is 11.5 Å². The lowest BCUT2D eigenvalue weighted by atomic mass is 10.0. The first kappa shape index (κ1) is 12.5. The number of ether oxygens (including phenoxy) is 1. The summed E-state index contributed by atoms with van der Waals surface area (Å²) in [5.41, 5.74) is 1.95. The molecular formula is C15H16O3. The molecule has 3 nitrogen and oxygen atoms in total. The molecule has 0 aliphatic carbocycles. The van der Waals surface area contributed by atoms with E-state index in [1.54, 1.807) is 18.2 Å². The van der Waals surface area contributed by atoms with E-state index in [0.29, 0.717) is 12.2 Å². The largest absolute Gasteiger partial charge is 0.508 e. The van der Waals surface area contributed by atoms with Crippen LogP contribution in [-0.4, -0.2) is 23.4 Å². The third-order valence-electron chi connectivity index (χ3n) is 2.65. The second-order valence-electron chi connectivity index (χ2n) is 4.02. The zero-order valence-corrected chi connectivity index (χ0v) is 10.0. The van der Waals surface area contributed by atoms with Gasteiger partial charge in [-0.25, -0.2) is 0 Å². The normalized spacial score (nSPS) is 10.3. The molecule has 0 bridgehead atoms. The Hall–Kier alpha value is -2.00. The molecule has 2 aromatic carbocycles. The first-order chi connectivity index (χ1) is 8.79. The van der Waals surface area contributed by atoms with Crippen molar-refractivity contribution in [3.05, 3.63) is 59.7 Å². The number of phenols is 1. The van der Waals surface area contributed by atoms with E-state index in [4.69, 9.17) is 9.84 Å². The van der Waals surface area contributed by atoms with Gasteiger partial charge < -0.3 is 14.9 Å². The lowest BCUT2D eigenvalue weighted by molar-refractivity contribution is 0.201. The van der Waals surface area contributed by atoms with Crippen molar-refractivity contribution in [1.29, 1.82) is 0 Å². The van der Waals surface area contributed by atoms with Gasteiger partial charge in [-0.3, -0.25) is 0 Å². The van der Waals surface area contributed by atoms with Crippen LogP contribution in [0.15, 0.2) is 48.5 Å². The lowest BCUT2D eigenvalue weighted by Crippen LogP contribution is -2.02. The van der Waals surface area contributed by atoms with Crippen LogP contribution in [0.5, 0.6) is 11.5 Å². The summed E-state index contributed by atoms with van der Waals surface area (Å²) < 4.78 is 5.33. The van der Waals surface area contributed by atoms with E-state index in [1.807, 2.05) is 30.3 Å². The van der Waals surface area contributed by atoms with Crippen molar-refractivity contribution < 1.29 is 14.9 Å². The molecule has 0 aromatic heterocycles. The van der Waals surface area contributed by atoms with Gasteiger partial charge in [0.05, 0.1) is 6.61 Å². The van der Waals surface area contributed by atoms with Crippen LogP contribution in [0.4, 0.5) is 0 Å². The predicted molar refractivity (Wildman–Crippen MR) is 69.9 cm³/mol. The average molecular weight is 244 g/mol. The molecule has 18 heavy (non-hydrogen) atoms. The highest BCUT2D eigenvalue weighted by Gasteiger charge is 2.04. The number of rotatable bonds is 5. The first-order valence-electron chi connectivity index (χ1n) is 5.89. The maximum Gasteiger partial charge on any atom is 0.119 e. The minimum Gasteiger partial charge on any atom is -0.508 e. The highest BCUT2D eigenvalue weighted by atomic mass is 16.5. The molecule has 2 N–H and O–H groups in total. The summed E-state index contributed by atoms with van der Waals surface area (Å²) in [4.78, 5) is 0. The van der Waals surface area contributed by atoms with Crippen LogP contribution in [0.1, 0.15) is 11.1 Å². The van der Waals surface area contributed by atoms with E-state index < -0.39 is 0 Å². The van der Waals surface area contributed by atoms with Gasteiger partial charge in [-0.1, -0.05) is 30.3 Å². The molecule has 0 aliphatic rings. The van der Waals surface area contributed by atoms with Gasteiger partial charge in [-0.2, -0.15) is 0 Å². The summed E-state index contributed by atoms with van der Waals surface area (Å²) in [6, 6.07) is 15.0. The molecule has 2 aromatic rings. The van der Waals surface area contributed by atoms with Gasteiger partial charge in [0, 0.05) is 12.0 Å². The molecule has 3 heteroatoms. The highest BCUT2D eigenvalue weighted by molar-refractivity contribution is 5.42. The molecule has 0 radical (unpaired) electrons. The molecule has 0 heterocycles. The predicted octanol–water partition coefficient (Wildman–Crippen LogP) is 2.35. The number of aliphatic hydroxyl groups excluding tert-OH is 1. The van der Waals surface area contributed by atoms with Crippen LogP contribution in [-0.2, 0) is 6.42 Å². The fourth-order valence-electron chi connectivity index (χ4n) is 1.77. The van der Waals surface area contributed by atoms with Crippen molar-refractivity contribution in [1.82, 2.24) is 0 Å². The van der Waals surface area contributed by atoms with E-state index >= 15 is 0 Å². The molecule has 0 saturated carbocycles. The van der Waals surface area contributed by atoms with Crippen molar-refractivity contribution in [2.75, 3.05) is 13.2 Å². The summed E-state index contributed by atoms with van der Waals surface area (Å²) in [5.74, 6) is 0.919. The summed E-state index contributed by atoms with van der Waals surface area (Å²) in [6.45, 7) is 0.241. The van der Waals surface area contributed by atoms with Crippen LogP contribution in [0, 0.1) is 0 Å². The fourth-order valence-corrected chi connectivity index (χ4v) is 1.77. The Morgan fingerprint density at radius 1 is 1.00 bits per heavy atom. The third kappa shape index (κ3) is 3.25. The number of phenolic OH excluding ortho intramolecular Hbond substituents is 1. The highest BCUT2D eigenvalue weighted by Crippen LogP contribution is 2.25. The topological polar surface area (TPSA) is 49.7 Å². The molecule has 0 aliphatic heterocycles. The Balaban J connectivity index is 2.16. The summed E-state index contributed by atoms with van der Waals surface area (Å²) in [6.07, 6.45) is 0.656. The van der Waals surface area contributed by atoms with Gasteiger partial charge in [0.15, 0.2) is 0 Å². The van der Waals surface area contributed by atoms with Crippen molar-refractivity contribution >= 4 is 0 Å². The molecule has 0 atom stereocenters. The van der Waals surface area contributed by atoms with E-state index in [-0.39, 0.29) is 19.0 Å². The number of hydrogen-bond donors (Lipinski definition) is 2. The van der Waals surface area contributed by atoms with Gasteiger partial charge in [0.25, 0.3) is 0 Å². The monoisotopic (exact) mass is 244 g/mol. The van der Waals surface area contributed by atoms with Gasteiger partial charge in [0.1, 0.15) is 18.1 Å². The lowest BCUT2D eigenvalue weighted by Gasteiger charge is -2.09. The number of aromatic hydroxyl groups is 1. The van der Waals surface area contributed by atoms with Crippen LogP contribution >= 0.6 is 0 Å².